The van der Waals surface area contributed by atoms with Gasteiger partial charge in [-0.25, -0.2) is 0 Å². The number of rotatable bonds is 10. The number of aryl methyl sites for hydroxylation is 1. The lowest BCUT2D eigenvalue weighted by Crippen LogP contribution is -1.92. The Morgan fingerprint density at radius 1 is 0.762 bits per heavy atom. The molecule has 0 unspecified atom stereocenters. The standard InChI is InChI=1S/C19H27NO/c21-16-10-6-4-2-1-3-5-7-13-19-18-12-9-8-11-17(18)14-15-20-19/h8-9,11-12,14-15,21H,1-7,10,13,16H2. The highest BCUT2D eigenvalue weighted by molar-refractivity contribution is 5.84. The molecule has 0 saturated heterocycles. The molecule has 0 radical (unpaired) electrons. The van der Waals surface area contributed by atoms with Gasteiger partial charge < -0.3 is 5.11 Å². The van der Waals surface area contributed by atoms with E-state index in [-0.39, 0.29) is 0 Å². The third kappa shape index (κ3) is 5.47. The molecule has 1 aromatic heterocycles. The highest BCUT2D eigenvalue weighted by Gasteiger charge is 2.01. The molecule has 0 aliphatic heterocycles. The van der Waals surface area contributed by atoms with Crippen molar-refractivity contribution < 1.29 is 5.11 Å². The number of aliphatic hydroxyl groups excluding tert-OH is 1. The Bertz CT molecular complexity index is 518. The van der Waals surface area contributed by atoms with Crippen molar-refractivity contribution in [1.82, 2.24) is 4.98 Å². The summed E-state index contributed by atoms with van der Waals surface area (Å²) in [6.07, 6.45) is 12.9. The summed E-state index contributed by atoms with van der Waals surface area (Å²) in [5, 5.41) is 11.3. The minimum atomic E-state index is 0.345. The van der Waals surface area contributed by atoms with Crippen LogP contribution in [-0.2, 0) is 6.42 Å². The maximum atomic E-state index is 8.72. The molecule has 0 aliphatic carbocycles. The zero-order valence-electron chi connectivity index (χ0n) is 12.9. The SMILES string of the molecule is OCCCCCCCCCCc1nccc2ccccc12. The van der Waals surface area contributed by atoms with Gasteiger partial charge in [-0.3, -0.25) is 4.98 Å². The molecule has 2 nitrogen and oxygen atoms in total. The van der Waals surface area contributed by atoms with Crippen LogP contribution in [0.4, 0.5) is 0 Å². The van der Waals surface area contributed by atoms with E-state index in [1.165, 1.54) is 61.4 Å². The monoisotopic (exact) mass is 285 g/mol. The van der Waals surface area contributed by atoms with E-state index in [9.17, 15) is 0 Å². The van der Waals surface area contributed by atoms with Gasteiger partial charge in [0.1, 0.15) is 0 Å². The zero-order valence-corrected chi connectivity index (χ0v) is 12.9. The van der Waals surface area contributed by atoms with E-state index in [1.54, 1.807) is 0 Å². The highest BCUT2D eigenvalue weighted by Crippen LogP contribution is 2.18. The van der Waals surface area contributed by atoms with Crippen molar-refractivity contribution in [1.29, 1.82) is 0 Å². The first kappa shape index (κ1) is 16.0. The van der Waals surface area contributed by atoms with Crippen molar-refractivity contribution in [3.8, 4) is 0 Å². The summed E-state index contributed by atoms with van der Waals surface area (Å²) in [6.45, 7) is 0.345. The average molecular weight is 285 g/mol. The first-order valence-electron chi connectivity index (χ1n) is 8.35. The molecule has 0 spiro atoms. The van der Waals surface area contributed by atoms with Gasteiger partial charge in [-0.1, -0.05) is 62.8 Å². The average Bonchev–Trinajstić information content (AvgIpc) is 2.53. The molecule has 0 saturated carbocycles. The topological polar surface area (TPSA) is 33.1 Å². The number of pyridine rings is 1. The fourth-order valence-corrected chi connectivity index (χ4v) is 2.85. The first-order valence-corrected chi connectivity index (χ1v) is 8.35. The van der Waals surface area contributed by atoms with E-state index < -0.39 is 0 Å². The van der Waals surface area contributed by atoms with E-state index in [1.807, 2.05) is 6.20 Å². The molecule has 2 heteroatoms. The molecule has 0 atom stereocenters. The van der Waals surface area contributed by atoms with Crippen molar-refractivity contribution in [3.05, 3.63) is 42.2 Å². The number of aromatic nitrogens is 1. The molecule has 1 aromatic carbocycles. The van der Waals surface area contributed by atoms with Crippen LogP contribution in [0, 0.1) is 0 Å². The molecule has 21 heavy (non-hydrogen) atoms. The van der Waals surface area contributed by atoms with Gasteiger partial charge in [0, 0.05) is 23.9 Å². The van der Waals surface area contributed by atoms with Gasteiger partial charge in [0.25, 0.3) is 0 Å². The Morgan fingerprint density at radius 2 is 1.43 bits per heavy atom. The van der Waals surface area contributed by atoms with Gasteiger partial charge >= 0.3 is 0 Å². The van der Waals surface area contributed by atoms with E-state index >= 15 is 0 Å². The fourth-order valence-electron chi connectivity index (χ4n) is 2.85. The predicted octanol–water partition coefficient (Wildman–Crippen LogP) is 4.89. The molecule has 1 heterocycles. The Hall–Kier alpha value is -1.41. The number of nitrogens with zero attached hydrogens (tertiary/aromatic N) is 1. The van der Waals surface area contributed by atoms with E-state index in [2.05, 4.69) is 35.3 Å². The van der Waals surface area contributed by atoms with Crippen LogP contribution in [0.25, 0.3) is 10.8 Å². The summed E-state index contributed by atoms with van der Waals surface area (Å²) in [5.74, 6) is 0. The van der Waals surface area contributed by atoms with Gasteiger partial charge in [0.15, 0.2) is 0 Å². The normalized spacial score (nSPS) is 11.1. The van der Waals surface area contributed by atoms with Crippen LogP contribution in [0.15, 0.2) is 36.5 Å². The second-order valence-corrected chi connectivity index (χ2v) is 5.78. The molecule has 0 fully saturated rings. The lowest BCUT2D eigenvalue weighted by atomic mass is 10.0. The van der Waals surface area contributed by atoms with Crippen LogP contribution >= 0.6 is 0 Å². The lowest BCUT2D eigenvalue weighted by molar-refractivity contribution is 0.282. The Kier molecular flexibility index (Phi) is 7.23. The van der Waals surface area contributed by atoms with Crippen LogP contribution in [-0.4, -0.2) is 16.7 Å². The van der Waals surface area contributed by atoms with E-state index in [0.717, 1.165) is 12.8 Å². The number of benzene rings is 1. The van der Waals surface area contributed by atoms with Gasteiger partial charge in [0.05, 0.1) is 0 Å². The quantitative estimate of drug-likeness (QED) is 0.630. The van der Waals surface area contributed by atoms with Gasteiger partial charge in [-0.15, -0.1) is 0 Å². The van der Waals surface area contributed by atoms with Crippen molar-refractivity contribution in [2.24, 2.45) is 0 Å². The summed E-state index contributed by atoms with van der Waals surface area (Å²) in [6, 6.07) is 10.6. The molecule has 2 rings (SSSR count). The molecule has 0 aliphatic rings. The van der Waals surface area contributed by atoms with Crippen LogP contribution in [0.5, 0.6) is 0 Å². The van der Waals surface area contributed by atoms with Gasteiger partial charge in [-0.2, -0.15) is 0 Å². The van der Waals surface area contributed by atoms with Crippen LogP contribution in [0.3, 0.4) is 0 Å². The van der Waals surface area contributed by atoms with Crippen molar-refractivity contribution in [2.45, 2.75) is 57.8 Å². The molecule has 1 N–H and O–H groups in total. The van der Waals surface area contributed by atoms with Gasteiger partial charge in [0.2, 0.25) is 0 Å². The fraction of sp³-hybridized carbons (Fsp3) is 0.526. The lowest BCUT2D eigenvalue weighted by Gasteiger charge is -2.05. The van der Waals surface area contributed by atoms with Crippen molar-refractivity contribution >= 4 is 10.8 Å². The third-order valence-electron chi connectivity index (χ3n) is 4.08. The van der Waals surface area contributed by atoms with E-state index in [4.69, 9.17) is 5.11 Å². The van der Waals surface area contributed by atoms with Gasteiger partial charge in [-0.05, 0) is 30.7 Å². The first-order chi connectivity index (χ1) is 10.4. The predicted molar refractivity (Wildman–Crippen MR) is 89.5 cm³/mol. The molecule has 0 amide bonds. The van der Waals surface area contributed by atoms with Crippen LogP contribution in [0.2, 0.25) is 0 Å². The number of unbranched alkanes of at least 4 members (excludes halogenated alkanes) is 7. The number of aliphatic hydroxyl groups is 1. The molecule has 2 aromatic rings. The molecule has 114 valence electrons. The maximum Gasteiger partial charge on any atom is 0.0481 e. The summed E-state index contributed by atoms with van der Waals surface area (Å²) in [4.78, 5) is 4.55. The summed E-state index contributed by atoms with van der Waals surface area (Å²) in [7, 11) is 0. The third-order valence-corrected chi connectivity index (χ3v) is 4.08. The Labute approximate surface area is 128 Å². The second kappa shape index (κ2) is 9.51. The Morgan fingerprint density at radius 3 is 2.19 bits per heavy atom. The minimum absolute atomic E-state index is 0.345. The van der Waals surface area contributed by atoms with Crippen molar-refractivity contribution in [2.75, 3.05) is 6.61 Å². The van der Waals surface area contributed by atoms with Crippen LogP contribution < -0.4 is 0 Å². The smallest absolute Gasteiger partial charge is 0.0481 e. The van der Waals surface area contributed by atoms with Crippen molar-refractivity contribution in [3.63, 3.8) is 0 Å². The minimum Gasteiger partial charge on any atom is -0.396 e. The van der Waals surface area contributed by atoms with Crippen LogP contribution in [0.1, 0.15) is 57.1 Å². The second-order valence-electron chi connectivity index (χ2n) is 5.78. The summed E-state index contributed by atoms with van der Waals surface area (Å²) >= 11 is 0. The number of hydrogen-bond acceptors (Lipinski definition) is 2. The number of hydrogen-bond donors (Lipinski definition) is 1. The van der Waals surface area contributed by atoms with E-state index in [0.29, 0.717) is 6.61 Å². The summed E-state index contributed by atoms with van der Waals surface area (Å²) < 4.78 is 0. The largest absolute Gasteiger partial charge is 0.396 e. The zero-order chi connectivity index (χ0) is 14.8. The molecular formula is C19H27NO. The molecular weight excluding hydrogens is 258 g/mol. The number of fused-ring (bicyclic) bond motifs is 1. The Balaban J connectivity index is 1.64. The maximum absolute atomic E-state index is 8.72. The summed E-state index contributed by atoms with van der Waals surface area (Å²) in [5.41, 5.74) is 1.25. The highest BCUT2D eigenvalue weighted by atomic mass is 16.2. The molecule has 0 bridgehead atoms.